The normalized spacial score (nSPS) is 23.7. The van der Waals surface area contributed by atoms with Gasteiger partial charge in [-0.3, -0.25) is 0 Å². The standard InChI is InChI=1S/C15H21N3O/c1-10-16-14-9-12(5-8-15(14)18(10)2)17-11-3-6-13(19)7-4-11/h5,8-9,11,13,17,19H,3-4,6-7H2,1-2H3. The van der Waals surface area contributed by atoms with Crippen LogP contribution in [-0.2, 0) is 7.05 Å². The molecule has 0 amide bonds. The predicted octanol–water partition coefficient (Wildman–Crippen LogP) is 2.60. The summed E-state index contributed by atoms with van der Waals surface area (Å²) in [6, 6.07) is 6.84. The summed E-state index contributed by atoms with van der Waals surface area (Å²) in [7, 11) is 2.04. The second-order valence-electron chi connectivity index (χ2n) is 5.57. The van der Waals surface area contributed by atoms with E-state index < -0.39 is 0 Å². The number of aliphatic hydroxyl groups is 1. The first-order valence-corrected chi connectivity index (χ1v) is 7.01. The molecular formula is C15H21N3O. The molecule has 1 aromatic carbocycles. The highest BCUT2D eigenvalue weighted by molar-refractivity contribution is 5.80. The minimum atomic E-state index is -0.0982. The summed E-state index contributed by atoms with van der Waals surface area (Å²) in [6.45, 7) is 2.02. The van der Waals surface area contributed by atoms with E-state index in [1.807, 2.05) is 14.0 Å². The fourth-order valence-corrected chi connectivity index (χ4v) is 2.87. The van der Waals surface area contributed by atoms with Crippen molar-refractivity contribution in [3.05, 3.63) is 24.0 Å². The second-order valence-corrected chi connectivity index (χ2v) is 5.57. The Balaban J connectivity index is 1.78. The molecule has 19 heavy (non-hydrogen) atoms. The number of aryl methyl sites for hydroxylation is 2. The van der Waals surface area contributed by atoms with E-state index >= 15 is 0 Å². The molecule has 102 valence electrons. The molecule has 0 radical (unpaired) electrons. The van der Waals surface area contributed by atoms with Crippen molar-refractivity contribution in [1.82, 2.24) is 9.55 Å². The van der Waals surface area contributed by atoms with Crippen molar-refractivity contribution in [2.75, 3.05) is 5.32 Å². The first kappa shape index (κ1) is 12.5. The Morgan fingerprint density at radius 1 is 1.26 bits per heavy atom. The Morgan fingerprint density at radius 2 is 2.00 bits per heavy atom. The minimum absolute atomic E-state index is 0.0982. The molecule has 1 aromatic heterocycles. The van der Waals surface area contributed by atoms with Crippen LogP contribution in [0.1, 0.15) is 31.5 Å². The van der Waals surface area contributed by atoms with Gasteiger partial charge in [0.15, 0.2) is 0 Å². The summed E-state index contributed by atoms with van der Waals surface area (Å²) < 4.78 is 2.11. The Kier molecular flexibility index (Phi) is 3.19. The average Bonchev–Trinajstić information content (AvgIpc) is 2.68. The van der Waals surface area contributed by atoms with Crippen molar-refractivity contribution in [3.8, 4) is 0 Å². The largest absolute Gasteiger partial charge is 0.393 e. The maximum atomic E-state index is 9.53. The molecule has 4 heteroatoms. The molecule has 0 bridgehead atoms. The molecule has 1 fully saturated rings. The zero-order valence-electron chi connectivity index (χ0n) is 11.6. The van der Waals surface area contributed by atoms with Crippen molar-refractivity contribution in [1.29, 1.82) is 0 Å². The highest BCUT2D eigenvalue weighted by Gasteiger charge is 2.19. The van der Waals surface area contributed by atoms with Crippen molar-refractivity contribution in [3.63, 3.8) is 0 Å². The van der Waals surface area contributed by atoms with Crippen molar-refractivity contribution < 1.29 is 5.11 Å². The Morgan fingerprint density at radius 3 is 2.74 bits per heavy atom. The van der Waals surface area contributed by atoms with Gasteiger partial charge >= 0.3 is 0 Å². The molecular weight excluding hydrogens is 238 g/mol. The number of nitrogens with one attached hydrogen (secondary N) is 1. The van der Waals surface area contributed by atoms with Gasteiger partial charge in [0, 0.05) is 18.8 Å². The third-order valence-corrected chi connectivity index (χ3v) is 4.17. The molecule has 1 aliphatic carbocycles. The zero-order chi connectivity index (χ0) is 13.4. The number of anilines is 1. The first-order valence-electron chi connectivity index (χ1n) is 7.01. The van der Waals surface area contributed by atoms with Crippen LogP contribution in [0.15, 0.2) is 18.2 Å². The van der Waals surface area contributed by atoms with Gasteiger partial charge < -0.3 is 15.0 Å². The van der Waals surface area contributed by atoms with E-state index in [-0.39, 0.29) is 6.10 Å². The lowest BCUT2D eigenvalue weighted by Crippen LogP contribution is -2.28. The van der Waals surface area contributed by atoms with E-state index in [4.69, 9.17) is 0 Å². The summed E-state index contributed by atoms with van der Waals surface area (Å²) in [5.74, 6) is 1.04. The Bertz CT molecular complexity index is 582. The van der Waals surface area contributed by atoms with Gasteiger partial charge in [0.2, 0.25) is 0 Å². The van der Waals surface area contributed by atoms with E-state index in [9.17, 15) is 5.11 Å². The van der Waals surface area contributed by atoms with E-state index in [1.165, 1.54) is 5.52 Å². The molecule has 1 heterocycles. The lowest BCUT2D eigenvalue weighted by atomic mass is 9.93. The number of rotatable bonds is 2. The van der Waals surface area contributed by atoms with Gasteiger partial charge in [-0.1, -0.05) is 0 Å². The molecule has 2 aromatic rings. The fraction of sp³-hybridized carbons (Fsp3) is 0.533. The number of imidazole rings is 1. The topological polar surface area (TPSA) is 50.1 Å². The minimum Gasteiger partial charge on any atom is -0.393 e. The van der Waals surface area contributed by atoms with Crippen molar-refractivity contribution in [2.24, 2.45) is 7.05 Å². The number of benzene rings is 1. The first-order chi connectivity index (χ1) is 9.13. The van der Waals surface area contributed by atoms with Crippen LogP contribution in [0.2, 0.25) is 0 Å². The van der Waals surface area contributed by atoms with E-state index in [0.717, 1.165) is 42.7 Å². The number of nitrogens with zero attached hydrogens (tertiary/aromatic N) is 2. The van der Waals surface area contributed by atoms with Crippen molar-refractivity contribution in [2.45, 2.75) is 44.8 Å². The summed E-state index contributed by atoms with van der Waals surface area (Å²) in [5.41, 5.74) is 3.34. The zero-order valence-corrected chi connectivity index (χ0v) is 11.6. The Labute approximate surface area is 113 Å². The molecule has 4 nitrogen and oxygen atoms in total. The maximum Gasteiger partial charge on any atom is 0.106 e. The smallest absolute Gasteiger partial charge is 0.106 e. The average molecular weight is 259 g/mol. The lowest BCUT2D eigenvalue weighted by molar-refractivity contribution is 0.126. The molecule has 3 rings (SSSR count). The van der Waals surface area contributed by atoms with E-state index in [2.05, 4.69) is 33.1 Å². The van der Waals surface area contributed by atoms with Gasteiger partial charge in [-0.25, -0.2) is 4.98 Å². The van der Waals surface area contributed by atoms with Gasteiger partial charge in [-0.05, 0) is 50.8 Å². The Hall–Kier alpha value is -1.55. The molecule has 0 spiro atoms. The van der Waals surface area contributed by atoms with Gasteiger partial charge in [-0.2, -0.15) is 0 Å². The van der Waals surface area contributed by atoms with Gasteiger partial charge in [0.05, 0.1) is 17.1 Å². The van der Waals surface area contributed by atoms with Crippen LogP contribution >= 0.6 is 0 Å². The summed E-state index contributed by atoms with van der Waals surface area (Å²) in [5, 5.41) is 13.1. The molecule has 1 aliphatic rings. The third-order valence-electron chi connectivity index (χ3n) is 4.17. The highest BCUT2D eigenvalue weighted by atomic mass is 16.3. The van der Waals surface area contributed by atoms with Crippen LogP contribution in [0.3, 0.4) is 0 Å². The van der Waals surface area contributed by atoms with Crippen molar-refractivity contribution >= 4 is 16.7 Å². The molecule has 2 N–H and O–H groups in total. The van der Waals surface area contributed by atoms with Crippen LogP contribution in [0, 0.1) is 6.92 Å². The van der Waals surface area contributed by atoms with Gasteiger partial charge in [-0.15, -0.1) is 0 Å². The molecule has 0 aliphatic heterocycles. The van der Waals surface area contributed by atoms with E-state index in [1.54, 1.807) is 0 Å². The van der Waals surface area contributed by atoms with Crippen LogP contribution in [0.5, 0.6) is 0 Å². The quantitative estimate of drug-likeness (QED) is 0.871. The van der Waals surface area contributed by atoms with Gasteiger partial charge in [0.1, 0.15) is 5.82 Å². The highest BCUT2D eigenvalue weighted by Crippen LogP contribution is 2.24. The number of fused-ring (bicyclic) bond motifs is 1. The number of aliphatic hydroxyl groups excluding tert-OH is 1. The summed E-state index contributed by atoms with van der Waals surface area (Å²) in [6.07, 6.45) is 3.80. The molecule has 0 atom stereocenters. The van der Waals surface area contributed by atoms with Crippen LogP contribution in [0.25, 0.3) is 11.0 Å². The number of hydrogen-bond donors (Lipinski definition) is 2. The molecule has 0 saturated heterocycles. The molecule has 1 saturated carbocycles. The summed E-state index contributed by atoms with van der Waals surface area (Å²) in [4.78, 5) is 4.56. The maximum absolute atomic E-state index is 9.53. The molecule has 0 unspecified atom stereocenters. The van der Waals surface area contributed by atoms with Crippen LogP contribution < -0.4 is 5.32 Å². The number of hydrogen-bond acceptors (Lipinski definition) is 3. The predicted molar refractivity (Wildman–Crippen MR) is 77.3 cm³/mol. The second kappa shape index (κ2) is 4.85. The van der Waals surface area contributed by atoms with Crippen LogP contribution in [-0.4, -0.2) is 26.8 Å². The van der Waals surface area contributed by atoms with Gasteiger partial charge in [0.25, 0.3) is 0 Å². The monoisotopic (exact) mass is 259 g/mol. The van der Waals surface area contributed by atoms with Crippen LogP contribution in [0.4, 0.5) is 5.69 Å². The third kappa shape index (κ3) is 2.45. The SMILES string of the molecule is Cc1nc2cc(NC3CCC(O)CC3)ccc2n1C. The lowest BCUT2D eigenvalue weighted by Gasteiger charge is -2.27. The fourth-order valence-electron chi connectivity index (χ4n) is 2.87. The number of aromatic nitrogens is 2. The van der Waals surface area contributed by atoms with E-state index in [0.29, 0.717) is 6.04 Å². The summed E-state index contributed by atoms with van der Waals surface area (Å²) >= 11 is 0.